The monoisotopic (exact) mass is 296 g/mol. The first-order valence-corrected chi connectivity index (χ1v) is 7.04. The van der Waals surface area contributed by atoms with Crippen LogP contribution in [0.5, 0.6) is 5.88 Å². The molecular formula is C16H16N4O2. The standard InChI is InChI=1S/C16H16N4O2/c1-2-9-22-15-13(11-5-7-18-8-6-11)14(19-16(17)20-15)12-4-3-10-21-12/h3-8,10H,2,9H2,1H3,(H2,17,19,20). The van der Waals surface area contributed by atoms with Gasteiger partial charge in [-0.25, -0.2) is 4.98 Å². The van der Waals surface area contributed by atoms with E-state index in [0.717, 1.165) is 17.5 Å². The Labute approximate surface area is 128 Å². The van der Waals surface area contributed by atoms with E-state index in [1.165, 1.54) is 0 Å². The Kier molecular flexibility index (Phi) is 4.00. The van der Waals surface area contributed by atoms with Gasteiger partial charge >= 0.3 is 0 Å². The number of aromatic nitrogens is 3. The number of pyridine rings is 1. The zero-order chi connectivity index (χ0) is 15.4. The van der Waals surface area contributed by atoms with Gasteiger partial charge in [0.25, 0.3) is 0 Å². The molecule has 3 rings (SSSR count). The highest BCUT2D eigenvalue weighted by Crippen LogP contribution is 2.37. The predicted molar refractivity (Wildman–Crippen MR) is 83.2 cm³/mol. The summed E-state index contributed by atoms with van der Waals surface area (Å²) < 4.78 is 11.2. The van der Waals surface area contributed by atoms with Crippen molar-refractivity contribution in [2.75, 3.05) is 12.3 Å². The summed E-state index contributed by atoms with van der Waals surface area (Å²) in [6, 6.07) is 7.38. The number of hydrogen-bond donors (Lipinski definition) is 1. The second-order valence-corrected chi connectivity index (χ2v) is 4.67. The van der Waals surface area contributed by atoms with Crippen molar-refractivity contribution < 1.29 is 9.15 Å². The van der Waals surface area contributed by atoms with Gasteiger partial charge in [-0.3, -0.25) is 4.98 Å². The minimum atomic E-state index is 0.148. The fourth-order valence-electron chi connectivity index (χ4n) is 2.13. The summed E-state index contributed by atoms with van der Waals surface area (Å²) in [6.45, 7) is 2.58. The molecule has 6 heteroatoms. The third-order valence-corrected chi connectivity index (χ3v) is 3.06. The van der Waals surface area contributed by atoms with Gasteiger partial charge in [0.2, 0.25) is 11.8 Å². The number of ether oxygens (including phenoxy) is 1. The van der Waals surface area contributed by atoms with Crippen molar-refractivity contribution in [1.29, 1.82) is 0 Å². The van der Waals surface area contributed by atoms with Crippen LogP contribution < -0.4 is 10.5 Å². The second-order valence-electron chi connectivity index (χ2n) is 4.67. The Balaban J connectivity index is 2.22. The molecule has 22 heavy (non-hydrogen) atoms. The first-order valence-electron chi connectivity index (χ1n) is 7.04. The van der Waals surface area contributed by atoms with E-state index < -0.39 is 0 Å². The molecule has 0 unspecified atom stereocenters. The Morgan fingerprint density at radius 3 is 2.68 bits per heavy atom. The summed E-state index contributed by atoms with van der Waals surface area (Å²) in [5.41, 5.74) is 8.08. The maximum Gasteiger partial charge on any atom is 0.227 e. The Bertz CT molecular complexity index is 742. The lowest BCUT2D eigenvalue weighted by Gasteiger charge is -2.13. The Morgan fingerprint density at radius 1 is 1.18 bits per heavy atom. The van der Waals surface area contributed by atoms with Crippen LogP contribution in [-0.2, 0) is 0 Å². The molecule has 0 saturated carbocycles. The van der Waals surface area contributed by atoms with E-state index in [2.05, 4.69) is 15.0 Å². The highest BCUT2D eigenvalue weighted by molar-refractivity contribution is 5.82. The zero-order valence-electron chi connectivity index (χ0n) is 12.2. The van der Waals surface area contributed by atoms with Crippen molar-refractivity contribution >= 4 is 5.95 Å². The number of rotatable bonds is 5. The molecule has 0 amide bonds. The Hall–Kier alpha value is -2.89. The summed E-state index contributed by atoms with van der Waals surface area (Å²) in [5, 5.41) is 0. The number of nitrogens with zero attached hydrogens (tertiary/aromatic N) is 3. The molecule has 0 aliphatic rings. The van der Waals surface area contributed by atoms with Crippen LogP contribution in [0.4, 0.5) is 5.95 Å². The van der Waals surface area contributed by atoms with E-state index in [4.69, 9.17) is 14.9 Å². The van der Waals surface area contributed by atoms with Gasteiger partial charge < -0.3 is 14.9 Å². The van der Waals surface area contributed by atoms with Gasteiger partial charge in [0.15, 0.2) is 5.76 Å². The first-order chi connectivity index (χ1) is 10.8. The van der Waals surface area contributed by atoms with Crippen LogP contribution in [0.1, 0.15) is 13.3 Å². The lowest BCUT2D eigenvalue weighted by Crippen LogP contribution is -2.05. The fourth-order valence-corrected chi connectivity index (χ4v) is 2.13. The van der Waals surface area contributed by atoms with Gasteiger partial charge in [-0.15, -0.1) is 0 Å². The number of nitrogens with two attached hydrogens (primary N) is 1. The number of anilines is 1. The molecule has 6 nitrogen and oxygen atoms in total. The third-order valence-electron chi connectivity index (χ3n) is 3.06. The van der Waals surface area contributed by atoms with E-state index in [9.17, 15) is 0 Å². The smallest absolute Gasteiger partial charge is 0.227 e. The predicted octanol–water partition coefficient (Wildman–Crippen LogP) is 3.17. The largest absolute Gasteiger partial charge is 0.477 e. The molecule has 0 aliphatic carbocycles. The van der Waals surface area contributed by atoms with Crippen molar-refractivity contribution in [3.05, 3.63) is 42.9 Å². The minimum Gasteiger partial charge on any atom is -0.477 e. The molecule has 3 aromatic rings. The number of furan rings is 1. The topological polar surface area (TPSA) is 87.1 Å². The third kappa shape index (κ3) is 2.76. The van der Waals surface area contributed by atoms with Gasteiger partial charge in [0, 0.05) is 12.4 Å². The highest BCUT2D eigenvalue weighted by Gasteiger charge is 2.19. The summed E-state index contributed by atoms with van der Waals surface area (Å²) >= 11 is 0. The molecule has 0 radical (unpaired) electrons. The van der Waals surface area contributed by atoms with Crippen LogP contribution in [0.2, 0.25) is 0 Å². The summed E-state index contributed by atoms with van der Waals surface area (Å²) in [4.78, 5) is 12.6. The molecule has 0 spiro atoms. The van der Waals surface area contributed by atoms with Crippen molar-refractivity contribution in [2.24, 2.45) is 0 Å². The van der Waals surface area contributed by atoms with Crippen LogP contribution in [0.25, 0.3) is 22.6 Å². The van der Waals surface area contributed by atoms with Crippen LogP contribution in [-0.4, -0.2) is 21.6 Å². The summed E-state index contributed by atoms with van der Waals surface area (Å²) in [7, 11) is 0. The normalized spacial score (nSPS) is 10.6. The van der Waals surface area contributed by atoms with E-state index in [1.54, 1.807) is 24.7 Å². The number of hydrogen-bond acceptors (Lipinski definition) is 6. The minimum absolute atomic E-state index is 0.148. The molecule has 0 fully saturated rings. The highest BCUT2D eigenvalue weighted by atomic mass is 16.5. The van der Waals surface area contributed by atoms with Crippen LogP contribution in [0.3, 0.4) is 0 Å². The van der Waals surface area contributed by atoms with Crippen LogP contribution in [0, 0.1) is 0 Å². The molecule has 3 aromatic heterocycles. The van der Waals surface area contributed by atoms with Crippen LogP contribution >= 0.6 is 0 Å². The molecule has 0 aliphatic heterocycles. The lowest BCUT2D eigenvalue weighted by molar-refractivity contribution is 0.306. The van der Waals surface area contributed by atoms with Gasteiger partial charge in [-0.05, 0) is 36.2 Å². The van der Waals surface area contributed by atoms with Crippen molar-refractivity contribution in [2.45, 2.75) is 13.3 Å². The van der Waals surface area contributed by atoms with E-state index in [1.807, 2.05) is 25.1 Å². The molecule has 3 heterocycles. The van der Waals surface area contributed by atoms with E-state index in [0.29, 0.717) is 23.9 Å². The molecule has 0 saturated heterocycles. The molecule has 2 N–H and O–H groups in total. The van der Waals surface area contributed by atoms with Crippen LogP contribution in [0.15, 0.2) is 47.3 Å². The fraction of sp³-hybridized carbons (Fsp3) is 0.188. The SMILES string of the molecule is CCCOc1nc(N)nc(-c2ccco2)c1-c1ccncc1. The molecule has 0 aromatic carbocycles. The van der Waals surface area contributed by atoms with Crippen molar-refractivity contribution in [3.63, 3.8) is 0 Å². The maximum absolute atomic E-state index is 5.83. The summed E-state index contributed by atoms with van der Waals surface area (Å²) in [6.07, 6.45) is 5.88. The zero-order valence-corrected chi connectivity index (χ0v) is 12.2. The van der Waals surface area contributed by atoms with Crippen molar-refractivity contribution in [1.82, 2.24) is 15.0 Å². The summed E-state index contributed by atoms with van der Waals surface area (Å²) in [5.74, 6) is 1.21. The molecular weight excluding hydrogens is 280 g/mol. The number of nitrogen functional groups attached to an aromatic ring is 1. The maximum atomic E-state index is 5.83. The van der Waals surface area contributed by atoms with Gasteiger partial charge in [-0.1, -0.05) is 6.92 Å². The second kappa shape index (κ2) is 6.26. The van der Waals surface area contributed by atoms with E-state index >= 15 is 0 Å². The Morgan fingerprint density at radius 2 is 2.00 bits per heavy atom. The lowest BCUT2D eigenvalue weighted by atomic mass is 10.0. The van der Waals surface area contributed by atoms with Gasteiger partial charge in [-0.2, -0.15) is 4.98 Å². The molecule has 0 bridgehead atoms. The van der Waals surface area contributed by atoms with Crippen molar-refractivity contribution in [3.8, 4) is 28.5 Å². The van der Waals surface area contributed by atoms with Gasteiger partial charge in [0.05, 0.1) is 18.4 Å². The average molecular weight is 296 g/mol. The average Bonchev–Trinajstić information content (AvgIpc) is 3.07. The van der Waals surface area contributed by atoms with E-state index in [-0.39, 0.29) is 5.95 Å². The molecule has 112 valence electrons. The first kappa shape index (κ1) is 14.1. The van der Waals surface area contributed by atoms with Gasteiger partial charge in [0.1, 0.15) is 5.69 Å². The quantitative estimate of drug-likeness (QED) is 0.778. The molecule has 0 atom stereocenters.